The molecule has 1 heterocycles. The highest BCUT2D eigenvalue weighted by atomic mass is 16.5. The summed E-state index contributed by atoms with van der Waals surface area (Å²) < 4.78 is 5.74. The highest BCUT2D eigenvalue weighted by Gasteiger charge is 2.26. The van der Waals surface area contributed by atoms with Crippen LogP contribution in [0.3, 0.4) is 0 Å². The number of ether oxygens (including phenoxy) is 1. The molecular weight excluding hydrogens is 216 g/mol. The van der Waals surface area contributed by atoms with E-state index in [0.717, 1.165) is 39.0 Å². The Balaban J connectivity index is 1.69. The van der Waals surface area contributed by atoms with Gasteiger partial charge < -0.3 is 15.0 Å². The summed E-state index contributed by atoms with van der Waals surface area (Å²) in [6.07, 6.45) is 5.94. The minimum atomic E-state index is 0.238. The summed E-state index contributed by atoms with van der Waals surface area (Å²) in [4.78, 5) is 13.9. The molecule has 1 aliphatic carbocycles. The maximum atomic E-state index is 12.0. The molecule has 0 aromatic carbocycles. The predicted octanol–water partition coefficient (Wildman–Crippen LogP) is 1.16. The van der Waals surface area contributed by atoms with Crippen molar-refractivity contribution in [3.63, 3.8) is 0 Å². The van der Waals surface area contributed by atoms with E-state index >= 15 is 0 Å². The second-order valence-corrected chi connectivity index (χ2v) is 5.13. The van der Waals surface area contributed by atoms with Gasteiger partial charge in [-0.1, -0.05) is 6.92 Å². The summed E-state index contributed by atoms with van der Waals surface area (Å²) in [5, 5.41) is 3.28. The number of nitrogens with one attached hydrogen (secondary N) is 1. The van der Waals surface area contributed by atoms with Gasteiger partial charge in [0, 0.05) is 25.7 Å². The van der Waals surface area contributed by atoms with Crippen LogP contribution in [0.1, 0.15) is 39.0 Å². The summed E-state index contributed by atoms with van der Waals surface area (Å²) in [5.41, 5.74) is 0. The number of hydrogen-bond donors (Lipinski definition) is 1. The summed E-state index contributed by atoms with van der Waals surface area (Å²) in [6.45, 7) is 5.12. The van der Waals surface area contributed by atoms with Crippen molar-refractivity contribution in [3.8, 4) is 0 Å². The van der Waals surface area contributed by atoms with E-state index in [4.69, 9.17) is 4.74 Å². The second-order valence-electron chi connectivity index (χ2n) is 5.13. The highest BCUT2D eigenvalue weighted by molar-refractivity contribution is 5.78. The fourth-order valence-corrected chi connectivity index (χ4v) is 2.22. The SMILES string of the molecule is CCCOC1CCCN(C(=O)CNC2CC2)C1. The van der Waals surface area contributed by atoms with E-state index in [0.29, 0.717) is 12.6 Å². The molecule has 1 atom stereocenters. The molecule has 0 aromatic rings. The Morgan fingerprint density at radius 2 is 2.24 bits per heavy atom. The first-order valence-corrected chi connectivity index (χ1v) is 6.92. The van der Waals surface area contributed by atoms with E-state index in [1.54, 1.807) is 0 Å². The van der Waals surface area contributed by atoms with Crippen molar-refractivity contribution in [2.45, 2.75) is 51.2 Å². The van der Waals surface area contributed by atoms with Crippen LogP contribution in [0, 0.1) is 0 Å². The molecule has 1 saturated heterocycles. The molecule has 2 fully saturated rings. The topological polar surface area (TPSA) is 41.6 Å². The van der Waals surface area contributed by atoms with Crippen LogP contribution in [0.2, 0.25) is 0 Å². The van der Waals surface area contributed by atoms with Gasteiger partial charge in [-0.2, -0.15) is 0 Å². The van der Waals surface area contributed by atoms with E-state index in [2.05, 4.69) is 12.2 Å². The molecule has 0 spiro atoms. The maximum absolute atomic E-state index is 12.0. The molecule has 98 valence electrons. The van der Waals surface area contributed by atoms with Crippen LogP contribution in [0.15, 0.2) is 0 Å². The van der Waals surface area contributed by atoms with Crippen LogP contribution < -0.4 is 5.32 Å². The Labute approximate surface area is 104 Å². The third-order valence-corrected chi connectivity index (χ3v) is 3.41. The van der Waals surface area contributed by atoms with Gasteiger partial charge in [-0.15, -0.1) is 0 Å². The Kier molecular flexibility index (Phi) is 4.80. The number of likely N-dealkylation sites (tertiary alicyclic amines) is 1. The highest BCUT2D eigenvalue weighted by Crippen LogP contribution is 2.18. The van der Waals surface area contributed by atoms with Gasteiger partial charge in [0.15, 0.2) is 0 Å². The molecule has 0 aromatic heterocycles. The largest absolute Gasteiger partial charge is 0.376 e. The summed E-state index contributed by atoms with van der Waals surface area (Å²) in [6, 6.07) is 0.607. The molecule has 2 rings (SSSR count). The zero-order chi connectivity index (χ0) is 12.1. The summed E-state index contributed by atoms with van der Waals surface area (Å²) in [5.74, 6) is 0.238. The van der Waals surface area contributed by atoms with E-state index in [1.165, 1.54) is 12.8 Å². The fourth-order valence-electron chi connectivity index (χ4n) is 2.22. The van der Waals surface area contributed by atoms with Crippen molar-refractivity contribution in [3.05, 3.63) is 0 Å². The first kappa shape index (κ1) is 12.8. The lowest BCUT2D eigenvalue weighted by Crippen LogP contribution is -2.46. The number of carbonyl (C=O) groups is 1. The van der Waals surface area contributed by atoms with E-state index in [9.17, 15) is 4.79 Å². The third-order valence-electron chi connectivity index (χ3n) is 3.41. The Hall–Kier alpha value is -0.610. The Bertz CT molecular complexity index is 254. The van der Waals surface area contributed by atoms with Crippen molar-refractivity contribution in [1.82, 2.24) is 10.2 Å². The number of carbonyl (C=O) groups excluding carboxylic acids is 1. The molecule has 0 radical (unpaired) electrons. The molecule has 0 bridgehead atoms. The van der Waals surface area contributed by atoms with Gasteiger partial charge in [-0.25, -0.2) is 0 Å². The molecule has 4 heteroatoms. The zero-order valence-corrected chi connectivity index (χ0v) is 10.8. The zero-order valence-electron chi connectivity index (χ0n) is 10.8. The van der Waals surface area contributed by atoms with Gasteiger partial charge in [0.1, 0.15) is 0 Å². The van der Waals surface area contributed by atoms with Crippen LogP contribution in [-0.2, 0) is 9.53 Å². The van der Waals surface area contributed by atoms with Crippen LogP contribution in [-0.4, -0.2) is 49.2 Å². The lowest BCUT2D eigenvalue weighted by Gasteiger charge is -2.32. The lowest BCUT2D eigenvalue weighted by atomic mass is 10.1. The predicted molar refractivity (Wildman–Crippen MR) is 66.9 cm³/mol. The fraction of sp³-hybridized carbons (Fsp3) is 0.923. The Morgan fingerprint density at radius 1 is 1.41 bits per heavy atom. The first-order chi connectivity index (χ1) is 8.29. The first-order valence-electron chi connectivity index (χ1n) is 6.92. The number of amides is 1. The summed E-state index contributed by atoms with van der Waals surface area (Å²) >= 11 is 0. The van der Waals surface area contributed by atoms with Gasteiger partial charge >= 0.3 is 0 Å². The Morgan fingerprint density at radius 3 is 2.94 bits per heavy atom. The van der Waals surface area contributed by atoms with Crippen LogP contribution in [0.5, 0.6) is 0 Å². The molecule has 4 nitrogen and oxygen atoms in total. The average molecular weight is 240 g/mol. The summed E-state index contributed by atoms with van der Waals surface area (Å²) in [7, 11) is 0. The minimum Gasteiger partial charge on any atom is -0.376 e. The molecule has 17 heavy (non-hydrogen) atoms. The molecule has 1 unspecified atom stereocenters. The standard InChI is InChI=1S/C13H24N2O2/c1-2-8-17-12-4-3-7-15(10-12)13(16)9-14-11-5-6-11/h11-12,14H,2-10H2,1H3. The van der Waals surface area contributed by atoms with E-state index in [1.807, 2.05) is 4.90 Å². The minimum absolute atomic E-state index is 0.238. The van der Waals surface area contributed by atoms with Gasteiger partial charge in [0.25, 0.3) is 0 Å². The normalized spacial score (nSPS) is 25.0. The molecule has 2 aliphatic rings. The number of hydrogen-bond acceptors (Lipinski definition) is 3. The average Bonchev–Trinajstić information content (AvgIpc) is 3.18. The van der Waals surface area contributed by atoms with Crippen molar-refractivity contribution in [2.24, 2.45) is 0 Å². The molecule has 1 saturated carbocycles. The van der Waals surface area contributed by atoms with Gasteiger partial charge in [-0.3, -0.25) is 4.79 Å². The lowest BCUT2D eigenvalue weighted by molar-refractivity contribution is -0.134. The second kappa shape index (κ2) is 6.36. The number of rotatable bonds is 6. The molecule has 1 amide bonds. The number of piperidine rings is 1. The van der Waals surface area contributed by atoms with Crippen molar-refractivity contribution in [1.29, 1.82) is 0 Å². The van der Waals surface area contributed by atoms with Gasteiger partial charge in [0.2, 0.25) is 5.91 Å². The van der Waals surface area contributed by atoms with Crippen molar-refractivity contribution < 1.29 is 9.53 Å². The van der Waals surface area contributed by atoms with Crippen molar-refractivity contribution in [2.75, 3.05) is 26.2 Å². The van der Waals surface area contributed by atoms with Gasteiger partial charge in [0.05, 0.1) is 12.6 Å². The van der Waals surface area contributed by atoms with Crippen LogP contribution in [0.4, 0.5) is 0 Å². The van der Waals surface area contributed by atoms with Gasteiger partial charge in [-0.05, 0) is 32.1 Å². The molecule has 1 N–H and O–H groups in total. The molecular formula is C13H24N2O2. The molecule has 1 aliphatic heterocycles. The maximum Gasteiger partial charge on any atom is 0.236 e. The number of nitrogens with zero attached hydrogens (tertiary/aromatic N) is 1. The quantitative estimate of drug-likeness (QED) is 0.757. The van der Waals surface area contributed by atoms with E-state index in [-0.39, 0.29) is 12.0 Å². The van der Waals surface area contributed by atoms with E-state index < -0.39 is 0 Å². The van der Waals surface area contributed by atoms with Crippen LogP contribution in [0.25, 0.3) is 0 Å². The van der Waals surface area contributed by atoms with Crippen LogP contribution >= 0.6 is 0 Å². The smallest absolute Gasteiger partial charge is 0.236 e. The monoisotopic (exact) mass is 240 g/mol. The van der Waals surface area contributed by atoms with Crippen molar-refractivity contribution >= 4 is 5.91 Å². The third kappa shape index (κ3) is 4.28.